The summed E-state index contributed by atoms with van der Waals surface area (Å²) >= 11 is 0. The summed E-state index contributed by atoms with van der Waals surface area (Å²) in [6, 6.07) is 11.7. The summed E-state index contributed by atoms with van der Waals surface area (Å²) in [4.78, 5) is 21.0. The molecule has 1 atom stereocenters. The second-order valence-corrected chi connectivity index (χ2v) is 25.1. The predicted octanol–water partition coefficient (Wildman–Crippen LogP) is 15.2. The molecule has 8 heterocycles. The Kier molecular flexibility index (Phi) is 42.4. The van der Waals surface area contributed by atoms with E-state index in [1.54, 1.807) is 31.8 Å². The van der Waals surface area contributed by atoms with Crippen LogP contribution in [0.4, 0.5) is 0 Å². The molecule has 0 radical (unpaired) electrons. The lowest BCUT2D eigenvalue weighted by atomic mass is 10.0. The molecule has 0 amide bonds. The molecule has 84 heavy (non-hydrogen) atoms. The molecular weight excluding hydrogens is 1050 g/mol. The van der Waals surface area contributed by atoms with E-state index in [2.05, 4.69) is 172 Å². The molecule has 15 heteroatoms. The molecule has 1 unspecified atom stereocenters. The van der Waals surface area contributed by atoms with Gasteiger partial charge in [-0.3, -0.25) is 14.6 Å². The monoisotopic (exact) mass is 1170 g/mol. The molecule has 1 aliphatic carbocycles. The third kappa shape index (κ3) is 38.6. The van der Waals surface area contributed by atoms with Crippen LogP contribution in [0.25, 0.3) is 0 Å². The van der Waals surface area contributed by atoms with Crippen LogP contribution in [-0.4, -0.2) is 149 Å². The van der Waals surface area contributed by atoms with Crippen LogP contribution in [0.5, 0.6) is 6.01 Å². The van der Waals surface area contributed by atoms with Gasteiger partial charge in [-0.1, -0.05) is 81.7 Å². The molecule has 0 spiro atoms. The fourth-order valence-electron chi connectivity index (χ4n) is 8.70. The average molecular weight is 1170 g/mol. The van der Waals surface area contributed by atoms with E-state index < -0.39 is 0 Å². The average Bonchev–Trinajstić information content (AvgIpc) is 4.08. The standard InChI is InChI=1S/C9H10N2.C9H13N.C8H12N2O.C8H17N.C8H16O2.C7H12N2.C7H15NO.C7H14O2.C6H12/c1-7(2)8-3-4-9(5-10)11-6-8;1-7(2)9-4-5-10-8(3)6-9;1-6(2)7-4-9-8(11-3)10-5-7;1-8(2)9-6-4-3-5-7-9;1-7(2)10-8-3-5-9-6-4-8;1-6(2)7-4-8-9(3)5-7;1-7(2)8-3-5-9-6-4-8;1-6(2)9-7-3-4-8-5-7;1-5(2)6-3-4-6/h3-4,6-7H,1-2H3;4-7H,1-3H3;4-6H,1-3H3;8H,3-7H2,1-2H3;7-8H,3-6H2,1-2H3;4-6H,1-3H3;7H,3-6H2,1-2H3;6-7H,3-5H2,1-2H3;5-6H,3-4H2,1-2H3. The number of nitrogens with zero attached hydrogens (tertiary/aromatic N) is 9. The first-order valence-corrected chi connectivity index (χ1v) is 32.0. The SMILES string of the molecule is CC(C)C1CC1.CC(C)N1CCCCC1.CC(C)N1CCOCC1.CC(C)OC1CCOC1.CC(C)OC1CCOCC1.CC(C)c1ccc(C#N)nc1.CC(C)c1cnn(C)c1.COc1ncc(C(C)C)cn1.Cc1cc(C(C)C)ccn1. The molecular formula is C69H121N9O6. The van der Waals surface area contributed by atoms with Gasteiger partial charge in [-0.15, -0.1) is 0 Å². The van der Waals surface area contributed by atoms with Crippen molar-refractivity contribution < 1.29 is 28.4 Å². The van der Waals surface area contributed by atoms with Crippen LogP contribution >= 0.6 is 0 Å². The van der Waals surface area contributed by atoms with Gasteiger partial charge in [0.1, 0.15) is 11.8 Å². The first-order valence-electron chi connectivity index (χ1n) is 32.0. The molecule has 478 valence electrons. The molecule has 1 saturated carbocycles. The summed E-state index contributed by atoms with van der Waals surface area (Å²) in [7, 11) is 3.50. The zero-order chi connectivity index (χ0) is 63.0. The van der Waals surface area contributed by atoms with Crippen molar-refractivity contribution >= 4 is 0 Å². The van der Waals surface area contributed by atoms with Gasteiger partial charge in [-0.05, 0) is 196 Å². The van der Waals surface area contributed by atoms with Crippen molar-refractivity contribution in [3.05, 3.63) is 95.1 Å². The number of methoxy groups -OCH3 is 1. The first kappa shape index (κ1) is 77.6. The second-order valence-electron chi connectivity index (χ2n) is 25.1. The normalized spacial score (nSPS) is 17.1. The first-order chi connectivity index (χ1) is 39.9. The molecule has 0 bridgehead atoms. The number of aromatic nitrogens is 6. The van der Waals surface area contributed by atoms with Crippen LogP contribution in [-0.2, 0) is 30.7 Å². The molecule has 4 aromatic heterocycles. The summed E-state index contributed by atoms with van der Waals surface area (Å²) < 4.78 is 33.3. The molecule has 4 aromatic rings. The largest absolute Gasteiger partial charge is 0.467 e. The summed E-state index contributed by atoms with van der Waals surface area (Å²) in [6.45, 7) is 51.1. The number of ether oxygens (including phenoxy) is 6. The van der Waals surface area contributed by atoms with Crippen molar-refractivity contribution in [3.8, 4) is 12.1 Å². The van der Waals surface area contributed by atoms with Crippen molar-refractivity contribution in [1.29, 1.82) is 5.26 Å². The van der Waals surface area contributed by atoms with Crippen LogP contribution in [0.2, 0.25) is 0 Å². The summed E-state index contributed by atoms with van der Waals surface area (Å²) in [6.07, 6.45) is 23.2. The third-order valence-corrected chi connectivity index (χ3v) is 14.5. The van der Waals surface area contributed by atoms with E-state index in [0.717, 1.165) is 101 Å². The summed E-state index contributed by atoms with van der Waals surface area (Å²) in [5, 5.41) is 12.5. The van der Waals surface area contributed by atoms with Crippen LogP contribution < -0.4 is 4.74 Å². The zero-order valence-electron chi connectivity index (χ0n) is 56.9. The molecule has 0 aromatic carbocycles. The maximum Gasteiger partial charge on any atom is 0.316 e. The minimum atomic E-state index is 0.344. The van der Waals surface area contributed by atoms with Crippen molar-refractivity contribution in [2.45, 2.75) is 243 Å². The number of morpholine rings is 1. The maximum absolute atomic E-state index is 8.45. The highest BCUT2D eigenvalue weighted by Gasteiger charge is 2.24. The summed E-state index contributed by atoms with van der Waals surface area (Å²) in [5.74, 6) is 4.23. The topological polar surface area (TPSA) is 155 Å². The minimum absolute atomic E-state index is 0.344. The third-order valence-electron chi connectivity index (χ3n) is 14.5. The number of piperidine rings is 1. The van der Waals surface area contributed by atoms with Crippen molar-refractivity contribution in [2.75, 3.05) is 72.9 Å². The van der Waals surface area contributed by atoms with Gasteiger partial charge in [0.25, 0.3) is 0 Å². The quantitative estimate of drug-likeness (QED) is 0.132. The molecule has 4 aliphatic heterocycles. The van der Waals surface area contributed by atoms with Crippen LogP contribution in [0, 0.1) is 30.1 Å². The number of hydrogen-bond donors (Lipinski definition) is 0. The predicted molar refractivity (Wildman–Crippen MR) is 347 cm³/mol. The van der Waals surface area contributed by atoms with Crippen LogP contribution in [0.3, 0.4) is 0 Å². The summed E-state index contributed by atoms with van der Waals surface area (Å²) in [5.41, 5.74) is 6.56. The Labute approximate surface area is 513 Å². The van der Waals surface area contributed by atoms with Gasteiger partial charge in [0.2, 0.25) is 0 Å². The highest BCUT2D eigenvalue weighted by molar-refractivity contribution is 5.24. The molecule has 5 aliphatic rings. The van der Waals surface area contributed by atoms with E-state index in [1.807, 2.05) is 49.4 Å². The number of aryl methyl sites for hydroxylation is 2. The van der Waals surface area contributed by atoms with E-state index in [0.29, 0.717) is 65.8 Å². The van der Waals surface area contributed by atoms with Gasteiger partial charge in [0, 0.05) is 88.7 Å². The number of rotatable bonds is 12. The van der Waals surface area contributed by atoms with Gasteiger partial charge in [-0.25, -0.2) is 15.0 Å². The smallest absolute Gasteiger partial charge is 0.316 e. The second kappa shape index (κ2) is 45.9. The number of likely N-dealkylation sites (tertiary alicyclic amines) is 1. The van der Waals surface area contributed by atoms with Gasteiger partial charge < -0.3 is 33.3 Å². The van der Waals surface area contributed by atoms with Gasteiger partial charge in [0.05, 0.1) is 57.5 Å². The fraction of sp³-hybridized carbons (Fsp3) is 0.739. The van der Waals surface area contributed by atoms with E-state index in [9.17, 15) is 0 Å². The van der Waals surface area contributed by atoms with E-state index >= 15 is 0 Å². The Balaban J connectivity index is 0.000000474. The van der Waals surface area contributed by atoms with E-state index in [1.165, 1.54) is 61.9 Å². The van der Waals surface area contributed by atoms with E-state index in [-0.39, 0.29) is 0 Å². The molecule has 4 saturated heterocycles. The lowest BCUT2D eigenvalue weighted by Gasteiger charge is -2.29. The highest BCUT2D eigenvalue weighted by Crippen LogP contribution is 2.35. The number of hydrogen-bond acceptors (Lipinski definition) is 14. The van der Waals surface area contributed by atoms with Crippen molar-refractivity contribution in [2.24, 2.45) is 18.9 Å². The Bertz CT molecular complexity index is 2180. The lowest BCUT2D eigenvalue weighted by molar-refractivity contribution is -0.0563. The Hall–Kier alpha value is -4.40. The van der Waals surface area contributed by atoms with Crippen molar-refractivity contribution in [3.63, 3.8) is 0 Å². The lowest BCUT2D eigenvalue weighted by Crippen LogP contribution is -2.40. The van der Waals surface area contributed by atoms with Gasteiger partial charge >= 0.3 is 6.01 Å². The Morgan fingerprint density at radius 3 is 1.38 bits per heavy atom. The van der Waals surface area contributed by atoms with Gasteiger partial charge in [-0.2, -0.15) is 10.4 Å². The van der Waals surface area contributed by atoms with E-state index in [4.69, 9.17) is 33.7 Å². The van der Waals surface area contributed by atoms with Gasteiger partial charge in [0.15, 0.2) is 0 Å². The van der Waals surface area contributed by atoms with Crippen LogP contribution in [0.15, 0.2) is 61.4 Å². The highest BCUT2D eigenvalue weighted by atomic mass is 16.5. The number of pyridine rings is 2. The Morgan fingerprint density at radius 2 is 1.04 bits per heavy atom. The maximum atomic E-state index is 8.45. The number of nitriles is 1. The molecule has 0 N–H and O–H groups in total. The zero-order valence-corrected chi connectivity index (χ0v) is 56.9. The fourth-order valence-corrected chi connectivity index (χ4v) is 8.70. The molecule has 9 rings (SSSR count). The van der Waals surface area contributed by atoms with Crippen molar-refractivity contribution in [1.82, 2.24) is 39.5 Å². The molecule has 15 nitrogen and oxygen atoms in total. The minimum Gasteiger partial charge on any atom is -0.467 e. The van der Waals surface area contributed by atoms with Crippen LogP contribution in [0.1, 0.15) is 233 Å². The molecule has 5 fully saturated rings. The Morgan fingerprint density at radius 1 is 0.536 bits per heavy atom.